The molecule has 2 rings (SSSR count). The van der Waals surface area contributed by atoms with Crippen molar-refractivity contribution in [3.05, 3.63) is 46.5 Å². The van der Waals surface area contributed by atoms with Crippen molar-refractivity contribution in [1.82, 2.24) is 14.8 Å². The number of aryl methyl sites for hydroxylation is 3. The molecule has 2 aromatic rings. The topological polar surface area (TPSA) is 56.7 Å². The van der Waals surface area contributed by atoms with Crippen molar-refractivity contribution in [2.75, 3.05) is 6.54 Å². The van der Waals surface area contributed by atoms with Crippen LogP contribution in [0.4, 0.5) is 0 Å². The van der Waals surface area contributed by atoms with Crippen molar-refractivity contribution < 1.29 is 0 Å². The molecule has 0 atom stereocenters. The molecular weight excluding hydrogens is 224 g/mol. The van der Waals surface area contributed by atoms with E-state index in [1.165, 1.54) is 16.7 Å². The van der Waals surface area contributed by atoms with E-state index in [0.29, 0.717) is 6.54 Å². The molecular formula is C14H20N4. The lowest BCUT2D eigenvalue weighted by atomic mass is 10.0. The van der Waals surface area contributed by atoms with Crippen LogP contribution in [-0.4, -0.2) is 21.3 Å². The number of hydrogen-bond acceptors (Lipinski definition) is 3. The molecule has 0 unspecified atom stereocenters. The fraction of sp³-hybridized carbons (Fsp3) is 0.429. The maximum Gasteiger partial charge on any atom is 0.155 e. The van der Waals surface area contributed by atoms with Gasteiger partial charge in [0.2, 0.25) is 0 Å². The lowest BCUT2D eigenvalue weighted by Crippen LogP contribution is -2.08. The monoisotopic (exact) mass is 244 g/mol. The van der Waals surface area contributed by atoms with Crippen LogP contribution in [0.25, 0.3) is 0 Å². The predicted molar refractivity (Wildman–Crippen MR) is 72.5 cm³/mol. The Balaban J connectivity index is 2.23. The summed E-state index contributed by atoms with van der Waals surface area (Å²) < 4.78 is 1.83. The highest BCUT2D eigenvalue weighted by atomic mass is 15.3. The summed E-state index contributed by atoms with van der Waals surface area (Å²) in [6.45, 7) is 4.84. The zero-order valence-electron chi connectivity index (χ0n) is 11.3. The van der Waals surface area contributed by atoms with Gasteiger partial charge in [0.15, 0.2) is 5.82 Å². The average Bonchev–Trinajstić information content (AvgIpc) is 2.65. The quantitative estimate of drug-likeness (QED) is 0.887. The molecule has 1 heterocycles. The van der Waals surface area contributed by atoms with Gasteiger partial charge in [-0.25, -0.2) is 4.98 Å². The summed E-state index contributed by atoms with van der Waals surface area (Å²) in [6, 6.07) is 6.48. The molecule has 4 heteroatoms. The van der Waals surface area contributed by atoms with Gasteiger partial charge in [0, 0.05) is 19.9 Å². The van der Waals surface area contributed by atoms with E-state index >= 15 is 0 Å². The standard InChI is InChI=1S/C14H20N4/c1-10-4-5-11(2)12(8-10)9-13-16-14(6-7-15)18(3)17-13/h4-5,8H,6-7,9,15H2,1-3H3. The molecule has 0 saturated carbocycles. The SMILES string of the molecule is Cc1ccc(C)c(Cc2nc(CCN)n(C)n2)c1. The summed E-state index contributed by atoms with van der Waals surface area (Å²) in [4.78, 5) is 4.54. The van der Waals surface area contributed by atoms with Gasteiger partial charge in [-0.1, -0.05) is 23.8 Å². The molecule has 0 fully saturated rings. The van der Waals surface area contributed by atoms with Gasteiger partial charge in [0.05, 0.1) is 0 Å². The third kappa shape index (κ3) is 2.76. The molecule has 2 N–H and O–H groups in total. The number of hydrogen-bond donors (Lipinski definition) is 1. The van der Waals surface area contributed by atoms with Crippen molar-refractivity contribution in [3.8, 4) is 0 Å². The number of nitrogens with two attached hydrogens (primary N) is 1. The van der Waals surface area contributed by atoms with Gasteiger partial charge in [-0.3, -0.25) is 4.68 Å². The van der Waals surface area contributed by atoms with E-state index in [2.05, 4.69) is 42.1 Å². The molecule has 4 nitrogen and oxygen atoms in total. The second kappa shape index (κ2) is 5.31. The van der Waals surface area contributed by atoms with Gasteiger partial charge in [-0.2, -0.15) is 5.10 Å². The zero-order valence-corrected chi connectivity index (χ0v) is 11.3. The molecule has 0 aliphatic heterocycles. The Morgan fingerprint density at radius 1 is 1.28 bits per heavy atom. The van der Waals surface area contributed by atoms with Crippen molar-refractivity contribution in [2.24, 2.45) is 12.8 Å². The number of nitrogens with zero attached hydrogens (tertiary/aromatic N) is 3. The van der Waals surface area contributed by atoms with Crippen LogP contribution < -0.4 is 5.73 Å². The summed E-state index contributed by atoms with van der Waals surface area (Å²) in [7, 11) is 1.92. The Labute approximate surface area is 108 Å². The second-order valence-electron chi connectivity index (χ2n) is 4.71. The first-order chi connectivity index (χ1) is 8.60. The molecule has 96 valence electrons. The van der Waals surface area contributed by atoms with Crippen LogP contribution in [0.2, 0.25) is 0 Å². The van der Waals surface area contributed by atoms with E-state index in [1.54, 1.807) is 0 Å². The van der Waals surface area contributed by atoms with Crippen LogP contribution in [0.1, 0.15) is 28.3 Å². The highest BCUT2D eigenvalue weighted by Gasteiger charge is 2.08. The first-order valence-corrected chi connectivity index (χ1v) is 6.25. The number of aromatic nitrogens is 3. The Kier molecular flexibility index (Phi) is 3.77. The van der Waals surface area contributed by atoms with E-state index in [4.69, 9.17) is 5.73 Å². The first-order valence-electron chi connectivity index (χ1n) is 6.25. The first kappa shape index (κ1) is 12.8. The molecule has 0 aliphatic carbocycles. The van der Waals surface area contributed by atoms with Crippen LogP contribution in [-0.2, 0) is 19.9 Å². The minimum absolute atomic E-state index is 0.607. The highest BCUT2D eigenvalue weighted by molar-refractivity contribution is 5.32. The molecule has 0 saturated heterocycles. The summed E-state index contributed by atoms with van der Waals surface area (Å²) >= 11 is 0. The third-order valence-corrected chi connectivity index (χ3v) is 3.12. The molecule has 0 bridgehead atoms. The third-order valence-electron chi connectivity index (χ3n) is 3.12. The van der Waals surface area contributed by atoms with Gasteiger partial charge in [-0.15, -0.1) is 0 Å². The van der Waals surface area contributed by atoms with Gasteiger partial charge >= 0.3 is 0 Å². The van der Waals surface area contributed by atoms with Crippen molar-refractivity contribution in [1.29, 1.82) is 0 Å². The Morgan fingerprint density at radius 2 is 2.06 bits per heavy atom. The molecule has 0 radical (unpaired) electrons. The van der Waals surface area contributed by atoms with Crippen LogP contribution in [0.5, 0.6) is 0 Å². The van der Waals surface area contributed by atoms with Gasteiger partial charge in [-0.05, 0) is 31.5 Å². The molecule has 0 aliphatic rings. The van der Waals surface area contributed by atoms with E-state index < -0.39 is 0 Å². The minimum atomic E-state index is 0.607. The van der Waals surface area contributed by atoms with Crippen LogP contribution in [0.15, 0.2) is 18.2 Å². The fourth-order valence-electron chi connectivity index (χ4n) is 2.06. The van der Waals surface area contributed by atoms with Crippen molar-refractivity contribution in [3.63, 3.8) is 0 Å². The summed E-state index contributed by atoms with van der Waals surface area (Å²) in [5, 5.41) is 4.45. The van der Waals surface area contributed by atoms with Crippen LogP contribution in [0, 0.1) is 13.8 Å². The largest absolute Gasteiger partial charge is 0.330 e. The Bertz CT molecular complexity index is 543. The zero-order chi connectivity index (χ0) is 13.1. The van der Waals surface area contributed by atoms with E-state index in [9.17, 15) is 0 Å². The van der Waals surface area contributed by atoms with Crippen LogP contribution in [0.3, 0.4) is 0 Å². The lowest BCUT2D eigenvalue weighted by Gasteiger charge is -2.04. The van der Waals surface area contributed by atoms with Gasteiger partial charge in [0.1, 0.15) is 5.82 Å². The maximum absolute atomic E-state index is 5.55. The Morgan fingerprint density at radius 3 is 2.78 bits per heavy atom. The van der Waals surface area contributed by atoms with Crippen molar-refractivity contribution >= 4 is 0 Å². The second-order valence-corrected chi connectivity index (χ2v) is 4.71. The molecule has 18 heavy (non-hydrogen) atoms. The smallest absolute Gasteiger partial charge is 0.155 e. The van der Waals surface area contributed by atoms with Gasteiger partial charge < -0.3 is 5.73 Å². The van der Waals surface area contributed by atoms with Crippen LogP contribution >= 0.6 is 0 Å². The number of benzene rings is 1. The minimum Gasteiger partial charge on any atom is -0.330 e. The van der Waals surface area contributed by atoms with Gasteiger partial charge in [0.25, 0.3) is 0 Å². The van der Waals surface area contributed by atoms with E-state index in [0.717, 1.165) is 24.5 Å². The molecule has 0 amide bonds. The number of rotatable bonds is 4. The fourth-order valence-corrected chi connectivity index (χ4v) is 2.06. The Hall–Kier alpha value is -1.68. The predicted octanol–water partition coefficient (Wildman–Crippen LogP) is 1.52. The van der Waals surface area contributed by atoms with E-state index in [1.807, 2.05) is 11.7 Å². The molecule has 1 aromatic carbocycles. The summed E-state index contributed by atoms with van der Waals surface area (Å²) in [5.74, 6) is 1.83. The molecule has 1 aromatic heterocycles. The maximum atomic E-state index is 5.55. The lowest BCUT2D eigenvalue weighted by molar-refractivity contribution is 0.691. The normalized spacial score (nSPS) is 10.9. The summed E-state index contributed by atoms with van der Waals surface area (Å²) in [5.41, 5.74) is 9.40. The average molecular weight is 244 g/mol. The highest BCUT2D eigenvalue weighted by Crippen LogP contribution is 2.14. The molecule has 0 spiro atoms. The van der Waals surface area contributed by atoms with Crippen molar-refractivity contribution in [2.45, 2.75) is 26.7 Å². The van der Waals surface area contributed by atoms with E-state index in [-0.39, 0.29) is 0 Å². The summed E-state index contributed by atoms with van der Waals surface area (Å²) in [6.07, 6.45) is 1.56.